The van der Waals surface area contributed by atoms with Gasteiger partial charge in [0.25, 0.3) is 0 Å². The van der Waals surface area contributed by atoms with Crippen LogP contribution in [0.1, 0.15) is 0 Å². The fraction of sp³-hybridized carbons (Fsp3) is 0. The molecule has 0 spiro atoms. The zero-order valence-electron chi connectivity index (χ0n) is 2.17. The molecule has 0 bridgehead atoms. The van der Waals surface area contributed by atoms with Gasteiger partial charge in [-0.3, -0.25) is 0 Å². The van der Waals surface area contributed by atoms with Gasteiger partial charge in [-0.2, -0.15) is 0 Å². The molecule has 16 valence electrons. The van der Waals surface area contributed by atoms with Crippen molar-refractivity contribution in [2.45, 2.75) is 0 Å². The van der Waals surface area contributed by atoms with Crippen molar-refractivity contribution in [2.75, 3.05) is 0 Å². The minimum absolute atomic E-state index is 0. The van der Waals surface area contributed by atoms with E-state index >= 15 is 0 Å². The van der Waals surface area contributed by atoms with E-state index in [9.17, 15) is 0 Å². The molecule has 0 radical (unpaired) electrons. The van der Waals surface area contributed by atoms with Crippen molar-refractivity contribution in [1.29, 1.82) is 0 Å². The van der Waals surface area contributed by atoms with E-state index < -0.39 is 0 Å². The molecule has 0 nitrogen and oxygen atoms in total. The second-order valence-corrected chi connectivity index (χ2v) is 0. The van der Waals surface area contributed by atoms with Crippen LogP contribution in [-0.4, -0.2) is 0 Å². The monoisotopic (exact) mass is 474 g/mol. The third kappa shape index (κ3) is 8.82. The van der Waals surface area contributed by atoms with Crippen LogP contribution in [0.4, 0.5) is 0 Å². The van der Waals surface area contributed by atoms with Gasteiger partial charge in [0.1, 0.15) is 0 Å². The fourth-order valence-corrected chi connectivity index (χ4v) is 0. The molecule has 0 rings (SSSR count). The van der Waals surface area contributed by atoms with Crippen molar-refractivity contribution in [3.05, 3.63) is 0 Å². The molecule has 0 aromatic rings. The largest absolute Gasteiger partial charge is 2.00 e. The van der Waals surface area contributed by atoms with E-state index in [0.717, 1.165) is 0 Å². The van der Waals surface area contributed by atoms with Gasteiger partial charge < -0.3 is 24.8 Å². The summed E-state index contributed by atoms with van der Waals surface area (Å²) in [5.41, 5.74) is 0. The maximum Gasteiger partial charge on any atom is 2.00 e. The van der Waals surface area contributed by atoms with E-state index in [2.05, 4.69) is 0 Å². The quantitative estimate of drug-likeness (QED) is 0.309. The van der Waals surface area contributed by atoms with Gasteiger partial charge in [-0.1, -0.05) is 0 Å². The zero-order chi connectivity index (χ0) is 0. The molecule has 0 fully saturated rings. The molecule has 0 unspecified atom stereocenters. The zero-order valence-corrected chi connectivity index (χ0v) is 14.7. The first kappa shape index (κ1) is 31.9. The molecular formula is Cl2Hg2+2. The van der Waals surface area contributed by atoms with E-state index in [1.165, 1.54) is 0 Å². The van der Waals surface area contributed by atoms with Crippen molar-refractivity contribution in [3.63, 3.8) is 0 Å². The molecule has 0 amide bonds. The van der Waals surface area contributed by atoms with Gasteiger partial charge >= 0.3 is 55.3 Å². The van der Waals surface area contributed by atoms with Gasteiger partial charge in [-0.05, 0) is 0 Å². The second kappa shape index (κ2) is 18.0. The molecule has 0 aromatic carbocycles. The van der Waals surface area contributed by atoms with Crippen LogP contribution in [-0.2, 0) is 55.3 Å². The van der Waals surface area contributed by atoms with Crippen LogP contribution >= 0.6 is 0 Å². The summed E-state index contributed by atoms with van der Waals surface area (Å²) in [6, 6.07) is 0. The number of halogens is 2. The van der Waals surface area contributed by atoms with Gasteiger partial charge in [-0.15, -0.1) is 0 Å². The molecule has 0 aromatic heterocycles. The summed E-state index contributed by atoms with van der Waals surface area (Å²) in [5.74, 6) is 0. The Morgan fingerprint density at radius 2 is 0.500 bits per heavy atom. The molecule has 0 heterocycles. The van der Waals surface area contributed by atoms with E-state index in [1.807, 2.05) is 0 Å². The first-order valence-corrected chi connectivity index (χ1v) is 0. The van der Waals surface area contributed by atoms with Crippen LogP contribution in [0.2, 0.25) is 0 Å². The van der Waals surface area contributed by atoms with E-state index in [-0.39, 0.29) is 80.2 Å². The summed E-state index contributed by atoms with van der Waals surface area (Å²) in [6.07, 6.45) is 0. The van der Waals surface area contributed by atoms with Gasteiger partial charge in [-0.25, -0.2) is 0 Å². The average molecular weight is 472 g/mol. The fourth-order valence-electron chi connectivity index (χ4n) is 0. The smallest absolute Gasteiger partial charge is 1.00 e. The first-order valence-electron chi connectivity index (χ1n) is 0. The van der Waals surface area contributed by atoms with Gasteiger partial charge in [0.05, 0.1) is 0 Å². The van der Waals surface area contributed by atoms with E-state index in [1.54, 1.807) is 0 Å². The third-order valence-corrected chi connectivity index (χ3v) is 0. The Hall–Kier alpha value is 2.45. The van der Waals surface area contributed by atoms with Crippen LogP contribution in [0, 0.1) is 0 Å². The maximum atomic E-state index is 0. The number of hydrogen-bond acceptors (Lipinski definition) is 0. The number of hydrogen-bond donors (Lipinski definition) is 0. The van der Waals surface area contributed by atoms with E-state index in [0.29, 0.717) is 0 Å². The molecule has 4 heavy (non-hydrogen) atoms. The maximum absolute atomic E-state index is 0. The van der Waals surface area contributed by atoms with Crippen molar-refractivity contribution in [1.82, 2.24) is 0 Å². The molecule has 0 aliphatic carbocycles. The molecule has 0 atom stereocenters. The van der Waals surface area contributed by atoms with E-state index in [4.69, 9.17) is 0 Å². The topological polar surface area (TPSA) is 0 Å². The summed E-state index contributed by atoms with van der Waals surface area (Å²) in [7, 11) is 0. The van der Waals surface area contributed by atoms with Crippen LogP contribution in [0.25, 0.3) is 0 Å². The normalized spacial score (nSPS) is 0. The second-order valence-electron chi connectivity index (χ2n) is 0. The first-order chi connectivity index (χ1) is 0. The van der Waals surface area contributed by atoms with Gasteiger partial charge in [0, 0.05) is 0 Å². The standard InChI is InChI=1S/2ClH.2Hg/h2*1H;;/q;;2*+2/p-2. The predicted molar refractivity (Wildman–Crippen MR) is 0 cm³/mol. The molecule has 0 aliphatic rings. The minimum atomic E-state index is 0. The Labute approximate surface area is 78.9 Å². The molecule has 0 N–H and O–H groups in total. The van der Waals surface area contributed by atoms with Crippen LogP contribution in [0.5, 0.6) is 0 Å². The van der Waals surface area contributed by atoms with Crippen molar-refractivity contribution in [2.24, 2.45) is 0 Å². The summed E-state index contributed by atoms with van der Waals surface area (Å²) < 4.78 is 0. The predicted octanol–water partition coefficient (Wildman–Crippen LogP) is -6.00. The van der Waals surface area contributed by atoms with Crippen LogP contribution in [0.3, 0.4) is 0 Å². The van der Waals surface area contributed by atoms with Gasteiger partial charge in [0.2, 0.25) is 0 Å². The number of rotatable bonds is 0. The van der Waals surface area contributed by atoms with Gasteiger partial charge in [0.15, 0.2) is 0 Å². The Balaban J connectivity index is 0. The molecule has 0 saturated carbocycles. The minimum Gasteiger partial charge on any atom is -1.00 e. The van der Waals surface area contributed by atoms with Crippen LogP contribution in [0.15, 0.2) is 0 Å². The Bertz CT molecular complexity index is 4.00. The van der Waals surface area contributed by atoms with Crippen LogP contribution < -0.4 is 24.8 Å². The Morgan fingerprint density at radius 3 is 0.500 bits per heavy atom. The Kier molecular flexibility index (Phi) is 143. The molecule has 0 aliphatic heterocycles. The third-order valence-electron chi connectivity index (χ3n) is 0. The summed E-state index contributed by atoms with van der Waals surface area (Å²) in [6.45, 7) is 0. The summed E-state index contributed by atoms with van der Waals surface area (Å²) in [4.78, 5) is 0. The Morgan fingerprint density at radius 1 is 0.500 bits per heavy atom. The average Bonchev–Trinajstić information content (AvgIpc) is 0. The van der Waals surface area contributed by atoms with Crippen molar-refractivity contribution in [3.8, 4) is 0 Å². The molecule has 4 heteroatoms. The molecular weight excluding hydrogens is 472 g/mol. The SMILES string of the molecule is [Cl-].[Cl-].[Hg+2].[Hg+2]. The summed E-state index contributed by atoms with van der Waals surface area (Å²) >= 11 is 0. The van der Waals surface area contributed by atoms with Crippen molar-refractivity contribution >= 4 is 0 Å². The van der Waals surface area contributed by atoms with Crippen molar-refractivity contribution < 1.29 is 80.2 Å². The summed E-state index contributed by atoms with van der Waals surface area (Å²) in [5, 5.41) is 0. The molecule has 0 saturated heterocycles.